The Morgan fingerprint density at radius 3 is 1.53 bits per heavy atom. The van der Waals surface area contributed by atoms with Gasteiger partial charge in [0.25, 0.3) is 0 Å². The van der Waals surface area contributed by atoms with Gasteiger partial charge in [0.05, 0.1) is 11.1 Å². The van der Waals surface area contributed by atoms with E-state index in [9.17, 15) is 0 Å². The summed E-state index contributed by atoms with van der Waals surface area (Å²) in [6.45, 7) is 0. The molecule has 0 heterocycles. The van der Waals surface area contributed by atoms with Crippen LogP contribution in [0.5, 0.6) is 0 Å². The molecule has 8 aromatic carbocycles. The lowest BCUT2D eigenvalue weighted by Crippen LogP contribution is -2.44. The van der Waals surface area contributed by atoms with Gasteiger partial charge in [-0.2, -0.15) is 0 Å². The first-order valence-electron chi connectivity index (χ1n) is 18.0. The predicted octanol–water partition coefficient (Wildman–Crippen LogP) is 9.22. The summed E-state index contributed by atoms with van der Waals surface area (Å²) in [7, 11) is 20.3. The molecule has 0 aliphatic heterocycles. The third-order valence-electron chi connectivity index (χ3n) is 11.2. The second-order valence-corrected chi connectivity index (χ2v) is 13.9. The highest BCUT2D eigenvalue weighted by atomic mass is 15.1. The first kappa shape index (κ1) is 31.5. The maximum Gasteiger partial charge on any atom is 0.113 e. The van der Waals surface area contributed by atoms with Gasteiger partial charge in [0.15, 0.2) is 0 Å². The molecule has 8 aromatic rings. The Hall–Kier alpha value is -6.25. The molecule has 0 unspecified atom stereocenters. The summed E-state index contributed by atoms with van der Waals surface area (Å²) >= 11 is 0. The number of nitrogens with zero attached hydrogens (tertiary/aromatic N) is 1. The lowest BCUT2D eigenvalue weighted by Gasteiger charge is -2.34. The van der Waals surface area contributed by atoms with Gasteiger partial charge in [0.1, 0.15) is 23.5 Å². The number of hydrogen-bond acceptors (Lipinski definition) is 1. The fourth-order valence-corrected chi connectivity index (χ4v) is 8.89. The molecule has 6 radical (unpaired) electrons. The Morgan fingerprint density at radius 2 is 0.868 bits per heavy atom. The molecular weight excluding hydrogens is 635 g/mol. The van der Waals surface area contributed by atoms with Gasteiger partial charge in [0.2, 0.25) is 0 Å². The molecule has 10 rings (SSSR count). The zero-order chi connectivity index (χ0) is 35.7. The minimum absolute atomic E-state index is 0.426. The summed E-state index contributed by atoms with van der Waals surface area (Å²) in [5.74, 6) is 0. The van der Waals surface area contributed by atoms with Crippen molar-refractivity contribution in [2.24, 2.45) is 0 Å². The summed E-state index contributed by atoms with van der Waals surface area (Å²) in [4.78, 5) is 2.38. The van der Waals surface area contributed by atoms with Crippen LogP contribution in [0.25, 0.3) is 44.5 Å². The van der Waals surface area contributed by atoms with Crippen molar-refractivity contribution in [3.8, 4) is 44.5 Å². The van der Waals surface area contributed by atoms with E-state index in [-0.39, 0.29) is 0 Å². The fourth-order valence-electron chi connectivity index (χ4n) is 8.89. The van der Waals surface area contributed by atoms with Crippen LogP contribution in [0.1, 0.15) is 22.3 Å². The minimum Gasteiger partial charge on any atom is -0.310 e. The first-order valence-corrected chi connectivity index (χ1v) is 18.0. The molecule has 0 atom stereocenters. The highest BCUT2D eigenvalue weighted by Gasteiger charge is 2.52. The van der Waals surface area contributed by atoms with E-state index < -0.39 is 5.41 Å². The monoisotopic (exact) mass is 665 g/mol. The van der Waals surface area contributed by atoms with E-state index in [1.165, 1.54) is 33.4 Å². The van der Waals surface area contributed by atoms with E-state index in [1.54, 1.807) is 0 Å². The average Bonchev–Trinajstić information content (AvgIpc) is 3.68. The van der Waals surface area contributed by atoms with E-state index in [0.717, 1.165) is 50.4 Å². The van der Waals surface area contributed by atoms with Crippen LogP contribution in [0, 0.1) is 0 Å². The Balaban J connectivity index is 1.26. The van der Waals surface area contributed by atoms with Crippen molar-refractivity contribution in [3.05, 3.63) is 204 Å². The van der Waals surface area contributed by atoms with Crippen LogP contribution in [0.15, 0.2) is 182 Å². The Kier molecular flexibility index (Phi) is 7.23. The molecule has 53 heavy (non-hydrogen) atoms. The minimum atomic E-state index is -0.693. The molecule has 2 aliphatic rings. The lowest BCUT2D eigenvalue weighted by molar-refractivity contribution is 0.799. The second kappa shape index (κ2) is 12.2. The van der Waals surface area contributed by atoms with Crippen LogP contribution in [-0.4, -0.2) is 23.5 Å². The maximum absolute atomic E-state index is 7.09. The smallest absolute Gasteiger partial charge is 0.113 e. The molecule has 240 valence electrons. The summed E-state index contributed by atoms with van der Waals surface area (Å²) < 4.78 is 0. The standard InChI is InChI=1S/C49H30B3N/c50-44-30-40-39-28-27-35(29-43(39)49(46(40)48(52)47(44)51)41-20-10-7-18-37(41)38-19-8-11-21-42(38)49)53(34-25-23-32(24-26-34)31-13-3-1-4-14-31)45-22-12-9-17-36(45)33-15-5-2-6-16-33/h1-30H. The third kappa shape index (κ3) is 4.62. The molecule has 0 N–H and O–H groups in total. The van der Waals surface area contributed by atoms with Crippen LogP contribution in [0.3, 0.4) is 0 Å². The fraction of sp³-hybridized carbons (Fsp3) is 0.0204. The number of anilines is 3. The molecule has 2 aliphatic carbocycles. The highest BCUT2D eigenvalue weighted by molar-refractivity contribution is 6.58. The quantitative estimate of drug-likeness (QED) is 0.166. The SMILES string of the molecule is [B]c1cc2c(c([B])c1[B])C1(c3ccccc3-c3ccccc31)c1cc(N(c3ccc(-c4ccccc4)cc3)c3ccccc3-c3ccccc3)ccc1-2. The zero-order valence-corrected chi connectivity index (χ0v) is 29.0. The van der Waals surface area contributed by atoms with Crippen molar-refractivity contribution < 1.29 is 0 Å². The molecule has 1 nitrogen and oxygen atoms in total. The van der Waals surface area contributed by atoms with E-state index >= 15 is 0 Å². The molecule has 0 amide bonds. The average molecular weight is 665 g/mol. The molecule has 4 heteroatoms. The highest BCUT2D eigenvalue weighted by Crippen LogP contribution is 2.62. The van der Waals surface area contributed by atoms with Gasteiger partial charge < -0.3 is 4.90 Å². The van der Waals surface area contributed by atoms with E-state index in [2.05, 4.69) is 181 Å². The summed E-state index contributed by atoms with van der Waals surface area (Å²) in [5, 5.41) is 0. The predicted molar refractivity (Wildman–Crippen MR) is 224 cm³/mol. The molecule has 1 spiro atoms. The second-order valence-electron chi connectivity index (χ2n) is 13.9. The van der Waals surface area contributed by atoms with Crippen LogP contribution in [-0.2, 0) is 5.41 Å². The van der Waals surface area contributed by atoms with Crippen LogP contribution >= 0.6 is 0 Å². The van der Waals surface area contributed by atoms with Gasteiger partial charge in [-0.25, -0.2) is 0 Å². The molecule has 0 aromatic heterocycles. The molecule has 0 saturated heterocycles. The number of rotatable bonds is 5. The van der Waals surface area contributed by atoms with Crippen LogP contribution in [0.4, 0.5) is 17.1 Å². The normalized spacial score (nSPS) is 12.9. The molecule has 0 saturated carbocycles. The number of para-hydroxylation sites is 1. The lowest BCUT2D eigenvalue weighted by atomic mass is 9.62. The zero-order valence-electron chi connectivity index (χ0n) is 29.0. The first-order chi connectivity index (χ1) is 26.1. The van der Waals surface area contributed by atoms with Crippen molar-refractivity contribution in [1.82, 2.24) is 0 Å². The Morgan fingerprint density at radius 1 is 0.358 bits per heavy atom. The van der Waals surface area contributed by atoms with E-state index in [0.29, 0.717) is 16.4 Å². The Bertz CT molecular complexity index is 2660. The summed E-state index contributed by atoms with van der Waals surface area (Å²) in [6, 6.07) is 64.9. The Labute approximate surface area is 314 Å². The van der Waals surface area contributed by atoms with Crippen LogP contribution in [0.2, 0.25) is 0 Å². The molecule has 0 fully saturated rings. The van der Waals surface area contributed by atoms with Gasteiger partial charge >= 0.3 is 0 Å². The largest absolute Gasteiger partial charge is 0.310 e. The maximum atomic E-state index is 7.09. The van der Waals surface area contributed by atoms with Crippen molar-refractivity contribution in [2.45, 2.75) is 5.41 Å². The number of hydrogen-bond donors (Lipinski definition) is 0. The van der Waals surface area contributed by atoms with Gasteiger partial charge in [-0.05, 0) is 91.5 Å². The van der Waals surface area contributed by atoms with Crippen molar-refractivity contribution in [2.75, 3.05) is 4.90 Å². The van der Waals surface area contributed by atoms with Crippen molar-refractivity contribution in [1.29, 1.82) is 0 Å². The topological polar surface area (TPSA) is 3.24 Å². The van der Waals surface area contributed by atoms with Gasteiger partial charge in [-0.3, -0.25) is 0 Å². The summed E-state index contributed by atoms with van der Waals surface area (Å²) in [6.07, 6.45) is 0. The third-order valence-corrected chi connectivity index (χ3v) is 11.2. The molecule has 0 bridgehead atoms. The van der Waals surface area contributed by atoms with E-state index in [1.807, 2.05) is 6.07 Å². The van der Waals surface area contributed by atoms with Gasteiger partial charge in [-0.15, -0.1) is 10.9 Å². The number of benzene rings is 8. The van der Waals surface area contributed by atoms with Gasteiger partial charge in [-0.1, -0.05) is 157 Å². The summed E-state index contributed by atoms with van der Waals surface area (Å²) in [5.41, 5.74) is 17.6. The van der Waals surface area contributed by atoms with Gasteiger partial charge in [0, 0.05) is 16.9 Å². The number of fused-ring (bicyclic) bond motifs is 10. The van der Waals surface area contributed by atoms with Crippen LogP contribution < -0.4 is 21.3 Å². The van der Waals surface area contributed by atoms with E-state index in [4.69, 9.17) is 23.5 Å². The van der Waals surface area contributed by atoms with Crippen molar-refractivity contribution >= 4 is 57.0 Å². The van der Waals surface area contributed by atoms with Crippen molar-refractivity contribution in [3.63, 3.8) is 0 Å². The molecular formula is C49H30B3N.